The first-order valence-electron chi connectivity index (χ1n) is 5.28. The quantitative estimate of drug-likeness (QED) is 0.817. The van der Waals surface area contributed by atoms with Crippen LogP contribution in [0, 0.1) is 3.57 Å². The third kappa shape index (κ3) is 2.80. The van der Waals surface area contributed by atoms with Gasteiger partial charge in [-0.3, -0.25) is 0 Å². The van der Waals surface area contributed by atoms with Gasteiger partial charge in [-0.15, -0.1) is 0 Å². The van der Waals surface area contributed by atoms with Gasteiger partial charge in [0.1, 0.15) is 0 Å². The van der Waals surface area contributed by atoms with Gasteiger partial charge in [-0.25, -0.2) is 9.97 Å². The van der Waals surface area contributed by atoms with E-state index in [-0.39, 0.29) is 0 Å². The number of morpholine rings is 1. The summed E-state index contributed by atoms with van der Waals surface area (Å²) >= 11 is 2.21. The van der Waals surface area contributed by atoms with Crippen molar-refractivity contribution in [3.8, 4) is 0 Å². The zero-order valence-corrected chi connectivity index (χ0v) is 11.3. The van der Waals surface area contributed by atoms with Crippen molar-refractivity contribution >= 4 is 28.5 Å². The fourth-order valence-electron chi connectivity index (χ4n) is 1.78. The Morgan fingerprint density at radius 2 is 2.31 bits per heavy atom. The van der Waals surface area contributed by atoms with Crippen molar-refractivity contribution in [2.75, 3.05) is 38.3 Å². The summed E-state index contributed by atoms with van der Waals surface area (Å²) in [4.78, 5) is 10.9. The highest BCUT2D eigenvalue weighted by atomic mass is 127. The molecule has 1 aliphatic rings. The summed E-state index contributed by atoms with van der Waals surface area (Å²) in [5.41, 5.74) is 0. The highest BCUT2D eigenvalue weighted by molar-refractivity contribution is 14.1. The minimum absolute atomic E-state index is 0.318. The number of nitrogens with one attached hydrogen (secondary N) is 1. The Morgan fingerprint density at radius 3 is 3.00 bits per heavy atom. The molecule has 0 aromatic carbocycles. The molecule has 1 aliphatic heterocycles. The summed E-state index contributed by atoms with van der Waals surface area (Å²) in [6, 6.07) is 0.318. The number of nitrogens with zero attached hydrogens (tertiary/aromatic N) is 3. The Labute approximate surface area is 109 Å². The second-order valence-corrected chi connectivity index (χ2v) is 4.93. The third-order valence-corrected chi connectivity index (χ3v) is 3.09. The number of likely N-dealkylation sites (N-methyl/N-ethyl adjacent to an activating group) is 1. The second kappa shape index (κ2) is 5.74. The third-order valence-electron chi connectivity index (χ3n) is 2.53. The molecule has 1 N–H and O–H groups in total. The van der Waals surface area contributed by atoms with Crippen molar-refractivity contribution in [2.45, 2.75) is 6.04 Å². The molecule has 2 rings (SSSR count). The monoisotopic (exact) mass is 334 g/mol. The molecule has 6 heteroatoms. The lowest BCUT2D eigenvalue weighted by Gasteiger charge is -2.35. The Morgan fingerprint density at radius 1 is 1.56 bits per heavy atom. The molecule has 16 heavy (non-hydrogen) atoms. The molecule has 1 fully saturated rings. The number of aromatic nitrogens is 2. The minimum atomic E-state index is 0.318. The Bertz CT molecular complexity index is 330. The summed E-state index contributed by atoms with van der Waals surface area (Å²) in [6.07, 6.45) is 3.68. The van der Waals surface area contributed by atoms with Crippen molar-refractivity contribution in [1.82, 2.24) is 15.3 Å². The van der Waals surface area contributed by atoms with Crippen LogP contribution in [0.15, 0.2) is 12.4 Å². The van der Waals surface area contributed by atoms with E-state index < -0.39 is 0 Å². The number of rotatable bonds is 3. The molecule has 1 atom stereocenters. The zero-order valence-electron chi connectivity index (χ0n) is 9.19. The van der Waals surface area contributed by atoms with E-state index in [1.54, 1.807) is 0 Å². The topological polar surface area (TPSA) is 50.3 Å². The fraction of sp³-hybridized carbons (Fsp3) is 0.600. The van der Waals surface area contributed by atoms with Crippen LogP contribution in [0.25, 0.3) is 0 Å². The molecule has 0 radical (unpaired) electrons. The van der Waals surface area contributed by atoms with E-state index >= 15 is 0 Å². The van der Waals surface area contributed by atoms with Crippen molar-refractivity contribution in [3.63, 3.8) is 0 Å². The Kier molecular flexibility index (Phi) is 4.30. The van der Waals surface area contributed by atoms with Gasteiger partial charge in [-0.2, -0.15) is 0 Å². The molecule has 0 spiro atoms. The average molecular weight is 334 g/mol. The highest BCUT2D eigenvalue weighted by Gasteiger charge is 2.24. The molecular formula is C10H15IN4O. The second-order valence-electron chi connectivity index (χ2n) is 3.68. The van der Waals surface area contributed by atoms with Gasteiger partial charge in [-0.1, -0.05) is 0 Å². The van der Waals surface area contributed by atoms with Crippen LogP contribution in [-0.2, 0) is 4.74 Å². The van der Waals surface area contributed by atoms with Gasteiger partial charge in [0.05, 0.1) is 19.3 Å². The van der Waals surface area contributed by atoms with E-state index in [1.165, 1.54) is 0 Å². The van der Waals surface area contributed by atoms with Crippen LogP contribution < -0.4 is 10.2 Å². The van der Waals surface area contributed by atoms with Crippen molar-refractivity contribution in [3.05, 3.63) is 16.0 Å². The molecule has 2 heterocycles. The van der Waals surface area contributed by atoms with E-state index in [1.807, 2.05) is 19.4 Å². The van der Waals surface area contributed by atoms with Crippen molar-refractivity contribution < 1.29 is 4.74 Å². The Balaban J connectivity index is 2.13. The maximum Gasteiger partial charge on any atom is 0.225 e. The highest BCUT2D eigenvalue weighted by Crippen LogP contribution is 2.14. The number of hydrogen-bond acceptors (Lipinski definition) is 5. The van der Waals surface area contributed by atoms with E-state index in [2.05, 4.69) is 42.8 Å². The van der Waals surface area contributed by atoms with Crippen molar-refractivity contribution in [1.29, 1.82) is 0 Å². The molecular weight excluding hydrogens is 319 g/mol. The van der Waals surface area contributed by atoms with Crippen LogP contribution in [0.4, 0.5) is 5.95 Å². The summed E-state index contributed by atoms with van der Waals surface area (Å²) in [5, 5.41) is 3.17. The number of ether oxygens (including phenoxy) is 1. The number of anilines is 1. The molecule has 5 nitrogen and oxygen atoms in total. The largest absolute Gasteiger partial charge is 0.377 e. The SMILES string of the molecule is CNCC1COCCN1c1ncc(I)cn1. The van der Waals surface area contributed by atoms with Gasteiger partial charge in [0.2, 0.25) is 5.95 Å². The first-order valence-corrected chi connectivity index (χ1v) is 6.35. The van der Waals surface area contributed by atoms with Crippen molar-refractivity contribution in [2.24, 2.45) is 0 Å². The summed E-state index contributed by atoms with van der Waals surface area (Å²) in [5.74, 6) is 0.795. The summed E-state index contributed by atoms with van der Waals surface area (Å²) < 4.78 is 6.53. The molecule has 1 saturated heterocycles. The smallest absolute Gasteiger partial charge is 0.225 e. The lowest BCUT2D eigenvalue weighted by Crippen LogP contribution is -2.50. The maximum absolute atomic E-state index is 5.47. The molecule has 0 aliphatic carbocycles. The molecule has 1 aromatic rings. The van der Waals surface area contributed by atoms with Gasteiger partial charge < -0.3 is 15.0 Å². The normalized spacial score (nSPS) is 21.1. The summed E-state index contributed by atoms with van der Waals surface area (Å²) in [6.45, 7) is 3.22. The molecule has 0 saturated carbocycles. The lowest BCUT2D eigenvalue weighted by atomic mass is 10.2. The van der Waals surface area contributed by atoms with E-state index in [0.29, 0.717) is 6.04 Å². The Hall–Kier alpha value is -0.470. The van der Waals surface area contributed by atoms with E-state index in [0.717, 1.165) is 35.8 Å². The lowest BCUT2D eigenvalue weighted by molar-refractivity contribution is 0.0934. The molecule has 1 aromatic heterocycles. The first-order chi connectivity index (χ1) is 7.81. The van der Waals surface area contributed by atoms with Crippen LogP contribution in [-0.4, -0.2) is 49.4 Å². The predicted octanol–water partition coefficient (Wildman–Crippen LogP) is 0.506. The predicted molar refractivity (Wildman–Crippen MR) is 70.6 cm³/mol. The summed E-state index contributed by atoms with van der Waals surface area (Å²) in [7, 11) is 1.95. The molecule has 1 unspecified atom stereocenters. The molecule has 0 bridgehead atoms. The van der Waals surface area contributed by atoms with Crippen LogP contribution in [0.1, 0.15) is 0 Å². The van der Waals surface area contributed by atoms with Crippen LogP contribution in [0.2, 0.25) is 0 Å². The number of halogens is 1. The van der Waals surface area contributed by atoms with Gasteiger partial charge >= 0.3 is 0 Å². The standard InChI is InChI=1S/C10H15IN4O/c1-12-6-9-7-16-3-2-15(9)10-13-4-8(11)5-14-10/h4-5,9,12H,2-3,6-7H2,1H3. The van der Waals surface area contributed by atoms with Crippen LogP contribution >= 0.6 is 22.6 Å². The average Bonchev–Trinajstić information content (AvgIpc) is 2.32. The van der Waals surface area contributed by atoms with Gasteiger partial charge in [0.15, 0.2) is 0 Å². The maximum atomic E-state index is 5.47. The van der Waals surface area contributed by atoms with E-state index in [9.17, 15) is 0 Å². The zero-order chi connectivity index (χ0) is 11.4. The minimum Gasteiger partial charge on any atom is -0.377 e. The fourth-order valence-corrected chi connectivity index (χ4v) is 2.06. The first kappa shape index (κ1) is 12.0. The van der Waals surface area contributed by atoms with Gasteiger partial charge in [-0.05, 0) is 29.6 Å². The van der Waals surface area contributed by atoms with Crippen LogP contribution in [0.5, 0.6) is 0 Å². The molecule has 0 amide bonds. The van der Waals surface area contributed by atoms with E-state index in [4.69, 9.17) is 4.74 Å². The number of hydrogen-bond donors (Lipinski definition) is 1. The molecule has 88 valence electrons. The van der Waals surface area contributed by atoms with Gasteiger partial charge in [0, 0.05) is 29.1 Å². The van der Waals surface area contributed by atoms with Crippen LogP contribution in [0.3, 0.4) is 0 Å². The van der Waals surface area contributed by atoms with Gasteiger partial charge in [0.25, 0.3) is 0 Å².